The van der Waals surface area contributed by atoms with Gasteiger partial charge >= 0.3 is 0 Å². The van der Waals surface area contributed by atoms with E-state index >= 15 is 0 Å². The molecule has 20 heavy (non-hydrogen) atoms. The van der Waals surface area contributed by atoms with Crippen molar-refractivity contribution in [3.05, 3.63) is 53.3 Å². The van der Waals surface area contributed by atoms with Crippen molar-refractivity contribution < 1.29 is 0 Å². The zero-order chi connectivity index (χ0) is 13.9. The van der Waals surface area contributed by atoms with Crippen molar-refractivity contribution in [1.29, 1.82) is 0 Å². The highest BCUT2D eigenvalue weighted by Crippen LogP contribution is 2.20. The summed E-state index contributed by atoms with van der Waals surface area (Å²) in [6.45, 7) is 2.11. The summed E-state index contributed by atoms with van der Waals surface area (Å²) < 4.78 is 2.06. The number of fused-ring (bicyclic) bond motifs is 1. The number of thiazole rings is 1. The normalized spacial score (nSPS) is 12.9. The van der Waals surface area contributed by atoms with Crippen LogP contribution in [0, 0.1) is 6.92 Å². The Kier molecular flexibility index (Phi) is 4.10. The number of hydrogen-bond acceptors (Lipinski definition) is 4. The molecule has 0 fully saturated rings. The first-order valence-electron chi connectivity index (χ1n) is 6.57. The van der Waals surface area contributed by atoms with Crippen molar-refractivity contribution >= 4 is 28.1 Å². The lowest BCUT2D eigenvalue weighted by atomic mass is 10.2. The molecule has 3 rings (SSSR count). The van der Waals surface area contributed by atoms with Crippen molar-refractivity contribution in [2.45, 2.75) is 24.3 Å². The van der Waals surface area contributed by atoms with Crippen molar-refractivity contribution in [3.63, 3.8) is 0 Å². The molecular weight excluding hydrogens is 286 g/mol. The third-order valence-corrected chi connectivity index (χ3v) is 5.02. The van der Waals surface area contributed by atoms with Crippen LogP contribution in [0.5, 0.6) is 0 Å². The van der Waals surface area contributed by atoms with E-state index in [0.717, 1.165) is 22.8 Å². The first-order chi connectivity index (χ1) is 9.70. The number of benzene rings is 1. The van der Waals surface area contributed by atoms with E-state index in [1.807, 2.05) is 23.3 Å². The van der Waals surface area contributed by atoms with E-state index in [1.165, 1.54) is 10.5 Å². The van der Waals surface area contributed by atoms with Gasteiger partial charge in [-0.3, -0.25) is 4.40 Å². The fourth-order valence-corrected chi connectivity index (χ4v) is 3.80. The molecule has 3 aromatic rings. The quantitative estimate of drug-likeness (QED) is 0.735. The van der Waals surface area contributed by atoms with Gasteiger partial charge in [-0.1, -0.05) is 17.7 Å². The summed E-state index contributed by atoms with van der Waals surface area (Å²) in [5.74, 6) is 0.911. The highest BCUT2D eigenvalue weighted by Gasteiger charge is 2.09. The molecule has 1 aromatic carbocycles. The Balaban J connectivity index is 1.57. The van der Waals surface area contributed by atoms with E-state index in [9.17, 15) is 0 Å². The van der Waals surface area contributed by atoms with E-state index in [2.05, 4.69) is 46.8 Å². The smallest absolute Gasteiger partial charge is 0.193 e. The van der Waals surface area contributed by atoms with Crippen LogP contribution in [0.3, 0.4) is 0 Å². The number of rotatable bonds is 5. The van der Waals surface area contributed by atoms with Gasteiger partial charge in [0, 0.05) is 40.9 Å². The predicted molar refractivity (Wildman–Crippen MR) is 86.7 cm³/mol. The Morgan fingerprint density at radius 2 is 2.35 bits per heavy atom. The molecule has 0 aliphatic heterocycles. The summed E-state index contributed by atoms with van der Waals surface area (Å²) in [6, 6.07) is 8.67. The molecule has 5 heteroatoms. The van der Waals surface area contributed by atoms with Gasteiger partial charge in [0.15, 0.2) is 4.96 Å². The highest BCUT2D eigenvalue weighted by atomic mass is 32.2. The summed E-state index contributed by atoms with van der Waals surface area (Å²) in [5.41, 5.74) is 8.58. The summed E-state index contributed by atoms with van der Waals surface area (Å²) in [7, 11) is 0. The van der Waals surface area contributed by atoms with Crippen LogP contribution in [0.2, 0.25) is 0 Å². The third-order valence-electron chi connectivity index (χ3n) is 3.07. The Hall–Kier alpha value is -1.30. The molecule has 104 valence electrons. The minimum Gasteiger partial charge on any atom is -0.327 e. The van der Waals surface area contributed by atoms with Crippen LogP contribution in [0.15, 0.2) is 46.9 Å². The van der Waals surface area contributed by atoms with E-state index in [0.29, 0.717) is 0 Å². The lowest BCUT2D eigenvalue weighted by Crippen LogP contribution is -2.25. The SMILES string of the molecule is Cc1cccc(SCC(N)Cc2cn3ccsc3n2)c1. The van der Waals surface area contributed by atoms with Crippen molar-refractivity contribution in [1.82, 2.24) is 9.38 Å². The lowest BCUT2D eigenvalue weighted by Gasteiger charge is -2.09. The minimum absolute atomic E-state index is 0.130. The van der Waals surface area contributed by atoms with Crippen LogP contribution < -0.4 is 5.73 Å². The van der Waals surface area contributed by atoms with Gasteiger partial charge in [0.25, 0.3) is 0 Å². The fourth-order valence-electron chi connectivity index (χ4n) is 2.11. The van der Waals surface area contributed by atoms with E-state index in [1.54, 1.807) is 11.3 Å². The van der Waals surface area contributed by atoms with Gasteiger partial charge in [-0.2, -0.15) is 0 Å². The highest BCUT2D eigenvalue weighted by molar-refractivity contribution is 7.99. The number of imidazole rings is 1. The number of aryl methyl sites for hydroxylation is 1. The maximum Gasteiger partial charge on any atom is 0.193 e. The van der Waals surface area contributed by atoms with Gasteiger partial charge in [-0.05, 0) is 19.1 Å². The Morgan fingerprint density at radius 3 is 3.15 bits per heavy atom. The maximum atomic E-state index is 6.22. The average Bonchev–Trinajstić information content (AvgIpc) is 2.97. The monoisotopic (exact) mass is 303 g/mol. The summed E-state index contributed by atoms with van der Waals surface area (Å²) >= 11 is 3.47. The molecule has 0 bridgehead atoms. The molecule has 0 saturated heterocycles. The van der Waals surface area contributed by atoms with Gasteiger partial charge in [0.1, 0.15) is 0 Å². The molecule has 2 heterocycles. The van der Waals surface area contributed by atoms with Crippen LogP contribution >= 0.6 is 23.1 Å². The van der Waals surface area contributed by atoms with Crippen LogP contribution in [0.25, 0.3) is 4.96 Å². The lowest BCUT2D eigenvalue weighted by molar-refractivity contribution is 0.736. The maximum absolute atomic E-state index is 6.22. The van der Waals surface area contributed by atoms with Gasteiger partial charge in [0.05, 0.1) is 5.69 Å². The molecule has 1 atom stereocenters. The third kappa shape index (κ3) is 3.23. The van der Waals surface area contributed by atoms with Gasteiger partial charge < -0.3 is 5.73 Å². The molecule has 1 unspecified atom stereocenters. The van der Waals surface area contributed by atoms with Gasteiger partial charge in [-0.15, -0.1) is 23.1 Å². The van der Waals surface area contributed by atoms with E-state index < -0.39 is 0 Å². The number of hydrogen-bond donors (Lipinski definition) is 1. The Labute approximate surface area is 126 Å². The van der Waals surface area contributed by atoms with Crippen molar-refractivity contribution in [2.75, 3.05) is 5.75 Å². The average molecular weight is 303 g/mol. The summed E-state index contributed by atoms with van der Waals surface area (Å²) in [5, 5.41) is 2.04. The zero-order valence-electron chi connectivity index (χ0n) is 11.3. The molecule has 2 aromatic heterocycles. The second kappa shape index (κ2) is 5.99. The second-order valence-corrected chi connectivity index (χ2v) is 6.88. The fraction of sp³-hybridized carbons (Fsp3) is 0.267. The van der Waals surface area contributed by atoms with E-state index in [-0.39, 0.29) is 6.04 Å². The Morgan fingerprint density at radius 1 is 1.45 bits per heavy atom. The molecule has 0 saturated carbocycles. The number of thioether (sulfide) groups is 1. The van der Waals surface area contributed by atoms with Gasteiger partial charge in [0.2, 0.25) is 0 Å². The van der Waals surface area contributed by atoms with Crippen LogP contribution in [-0.4, -0.2) is 21.2 Å². The first kappa shape index (κ1) is 13.7. The van der Waals surface area contributed by atoms with Crippen molar-refractivity contribution in [3.8, 4) is 0 Å². The second-order valence-electron chi connectivity index (χ2n) is 4.92. The molecular formula is C15H17N3S2. The molecule has 0 radical (unpaired) electrons. The van der Waals surface area contributed by atoms with Crippen LogP contribution in [0.1, 0.15) is 11.3 Å². The molecule has 2 N–H and O–H groups in total. The summed E-state index contributed by atoms with van der Waals surface area (Å²) in [6.07, 6.45) is 4.93. The van der Waals surface area contributed by atoms with Crippen LogP contribution in [0.4, 0.5) is 0 Å². The zero-order valence-corrected chi connectivity index (χ0v) is 13.0. The molecule has 0 amide bonds. The molecule has 0 aliphatic rings. The number of aromatic nitrogens is 2. The first-order valence-corrected chi connectivity index (χ1v) is 8.43. The predicted octanol–water partition coefficient (Wildman–Crippen LogP) is 3.37. The number of nitrogens with two attached hydrogens (primary N) is 1. The standard InChI is InChI=1S/C15H17N3S2/c1-11-3-2-4-14(7-11)20-10-12(16)8-13-9-18-5-6-19-15(18)17-13/h2-7,9,12H,8,10,16H2,1H3. The van der Waals surface area contributed by atoms with Gasteiger partial charge in [-0.25, -0.2) is 4.98 Å². The summed E-state index contributed by atoms with van der Waals surface area (Å²) in [4.78, 5) is 6.90. The largest absolute Gasteiger partial charge is 0.327 e. The van der Waals surface area contributed by atoms with Crippen molar-refractivity contribution in [2.24, 2.45) is 5.73 Å². The number of nitrogens with zero attached hydrogens (tertiary/aromatic N) is 2. The molecule has 3 nitrogen and oxygen atoms in total. The minimum atomic E-state index is 0.130. The van der Waals surface area contributed by atoms with E-state index in [4.69, 9.17) is 5.73 Å². The molecule has 0 spiro atoms. The topological polar surface area (TPSA) is 43.3 Å². The Bertz CT molecular complexity index is 673. The molecule has 0 aliphatic carbocycles. The van der Waals surface area contributed by atoms with Crippen LogP contribution in [-0.2, 0) is 6.42 Å².